The zero-order chi connectivity index (χ0) is 10.9. The van der Waals surface area contributed by atoms with Gasteiger partial charge in [0.15, 0.2) is 0 Å². The maximum atomic E-state index is 13.7. The van der Waals surface area contributed by atoms with Gasteiger partial charge in [0.2, 0.25) is 0 Å². The molecule has 0 aliphatic rings. The molecule has 0 aliphatic heterocycles. The predicted molar refractivity (Wildman–Crippen MR) is 57.5 cm³/mol. The molecule has 0 radical (unpaired) electrons. The van der Waals surface area contributed by atoms with Crippen molar-refractivity contribution in [3.63, 3.8) is 0 Å². The van der Waals surface area contributed by atoms with E-state index in [-0.39, 0.29) is 5.82 Å². The molecule has 74 valence electrons. The highest BCUT2D eigenvalue weighted by Crippen LogP contribution is 2.29. The van der Waals surface area contributed by atoms with Crippen LogP contribution in [0.4, 0.5) is 4.39 Å². The fourth-order valence-electron chi connectivity index (χ4n) is 1.24. The molecule has 0 aliphatic carbocycles. The summed E-state index contributed by atoms with van der Waals surface area (Å²) in [7, 11) is 0. The van der Waals surface area contributed by atoms with E-state index in [1.165, 1.54) is 0 Å². The van der Waals surface area contributed by atoms with Crippen LogP contribution in [-0.2, 0) is 5.41 Å². The summed E-state index contributed by atoms with van der Waals surface area (Å²) in [4.78, 5) is 0. The van der Waals surface area contributed by atoms with Gasteiger partial charge in [-0.1, -0.05) is 15.9 Å². The molecule has 0 fully saturated rings. The first-order valence-electron chi connectivity index (χ1n) is 4.26. The van der Waals surface area contributed by atoms with E-state index < -0.39 is 5.41 Å². The molecule has 0 saturated carbocycles. The Hall–Kier alpha value is -0.880. The second-order valence-corrected chi connectivity index (χ2v) is 4.74. The summed E-state index contributed by atoms with van der Waals surface area (Å²) in [6, 6.07) is 5.45. The molecule has 1 nitrogen and oxygen atoms in total. The zero-order valence-corrected chi connectivity index (χ0v) is 9.94. The standard InChI is InChI=1S/C11H11BrFN/c1-7-4-8(12)5-9(10(7)13)11(2,3)6-14/h4-5H,1-3H3. The molecule has 0 atom stereocenters. The molecule has 0 aromatic heterocycles. The van der Waals surface area contributed by atoms with Gasteiger partial charge in [0.1, 0.15) is 5.82 Å². The van der Waals surface area contributed by atoms with Gasteiger partial charge in [0.05, 0.1) is 11.5 Å². The van der Waals surface area contributed by atoms with Crippen LogP contribution in [0.25, 0.3) is 0 Å². The molecule has 1 rings (SSSR count). The van der Waals surface area contributed by atoms with E-state index in [0.717, 1.165) is 4.47 Å². The number of halogens is 2. The lowest BCUT2D eigenvalue weighted by atomic mass is 9.85. The molecule has 14 heavy (non-hydrogen) atoms. The number of hydrogen-bond donors (Lipinski definition) is 0. The summed E-state index contributed by atoms with van der Waals surface area (Å²) in [5, 5.41) is 8.92. The van der Waals surface area contributed by atoms with Gasteiger partial charge < -0.3 is 0 Å². The molecule has 0 amide bonds. The van der Waals surface area contributed by atoms with Crippen molar-refractivity contribution in [2.75, 3.05) is 0 Å². The maximum absolute atomic E-state index is 13.7. The second-order valence-electron chi connectivity index (χ2n) is 3.82. The third-order valence-electron chi connectivity index (χ3n) is 2.17. The molecule has 3 heteroatoms. The summed E-state index contributed by atoms with van der Waals surface area (Å²) in [5.74, 6) is -0.292. The largest absolute Gasteiger partial charge is 0.206 e. The van der Waals surface area contributed by atoms with Gasteiger partial charge in [0.25, 0.3) is 0 Å². The topological polar surface area (TPSA) is 23.8 Å². The van der Waals surface area contributed by atoms with Gasteiger partial charge in [-0.25, -0.2) is 4.39 Å². The van der Waals surface area contributed by atoms with Crippen molar-refractivity contribution >= 4 is 15.9 Å². The quantitative estimate of drug-likeness (QED) is 0.751. The van der Waals surface area contributed by atoms with Crippen molar-refractivity contribution in [1.82, 2.24) is 0 Å². The van der Waals surface area contributed by atoms with Crippen molar-refractivity contribution in [3.8, 4) is 6.07 Å². The molecule has 0 heterocycles. The second kappa shape index (κ2) is 3.70. The van der Waals surface area contributed by atoms with Gasteiger partial charge >= 0.3 is 0 Å². The lowest BCUT2D eigenvalue weighted by Crippen LogP contribution is -2.16. The van der Waals surface area contributed by atoms with Crippen LogP contribution >= 0.6 is 15.9 Å². The lowest BCUT2D eigenvalue weighted by molar-refractivity contribution is 0.557. The Morgan fingerprint density at radius 3 is 2.50 bits per heavy atom. The number of rotatable bonds is 1. The normalized spacial score (nSPS) is 11.1. The first-order valence-corrected chi connectivity index (χ1v) is 5.05. The Bertz CT molecular complexity index is 404. The highest BCUT2D eigenvalue weighted by atomic mass is 79.9. The van der Waals surface area contributed by atoms with Crippen LogP contribution in [0.5, 0.6) is 0 Å². The van der Waals surface area contributed by atoms with Gasteiger partial charge in [0, 0.05) is 10.0 Å². The van der Waals surface area contributed by atoms with Gasteiger partial charge in [-0.3, -0.25) is 0 Å². The van der Waals surface area contributed by atoms with Crippen molar-refractivity contribution in [3.05, 3.63) is 33.5 Å². The summed E-state index contributed by atoms with van der Waals surface area (Å²) in [5.41, 5.74) is 0.197. The monoisotopic (exact) mass is 255 g/mol. The van der Waals surface area contributed by atoms with E-state index >= 15 is 0 Å². The average molecular weight is 256 g/mol. The molecule has 0 spiro atoms. The fraction of sp³-hybridized carbons (Fsp3) is 0.364. The fourth-order valence-corrected chi connectivity index (χ4v) is 1.81. The summed E-state index contributed by atoms with van der Waals surface area (Å²) >= 11 is 3.29. The third kappa shape index (κ3) is 1.96. The molecular formula is C11H11BrFN. The zero-order valence-electron chi connectivity index (χ0n) is 8.36. The number of nitriles is 1. The SMILES string of the molecule is Cc1cc(Br)cc(C(C)(C)C#N)c1F. The number of aryl methyl sites for hydroxylation is 1. The van der Waals surface area contributed by atoms with E-state index in [0.29, 0.717) is 11.1 Å². The minimum atomic E-state index is -0.793. The Balaban J connectivity index is 3.44. The van der Waals surface area contributed by atoms with Gasteiger partial charge in [-0.05, 0) is 38.5 Å². The average Bonchev–Trinajstić information content (AvgIpc) is 2.11. The molecule has 1 aromatic rings. The lowest BCUT2D eigenvalue weighted by Gasteiger charge is -2.18. The van der Waals surface area contributed by atoms with Crippen molar-refractivity contribution in [2.24, 2.45) is 0 Å². The molecule has 0 saturated heterocycles. The van der Waals surface area contributed by atoms with E-state index in [9.17, 15) is 4.39 Å². The number of benzene rings is 1. The summed E-state index contributed by atoms with van der Waals surface area (Å²) < 4.78 is 14.5. The Morgan fingerprint density at radius 1 is 1.43 bits per heavy atom. The first kappa shape index (κ1) is 11.2. The van der Waals surface area contributed by atoms with Crippen LogP contribution in [-0.4, -0.2) is 0 Å². The Labute approximate surface area is 91.7 Å². The highest BCUT2D eigenvalue weighted by molar-refractivity contribution is 9.10. The number of nitrogens with zero attached hydrogens (tertiary/aromatic N) is 1. The molecular weight excluding hydrogens is 245 g/mol. The van der Waals surface area contributed by atoms with E-state index in [1.807, 2.05) is 0 Å². The third-order valence-corrected chi connectivity index (χ3v) is 2.63. The van der Waals surface area contributed by atoms with Crippen LogP contribution < -0.4 is 0 Å². The predicted octanol–water partition coefficient (Wildman–Crippen LogP) is 3.70. The van der Waals surface area contributed by atoms with Crippen LogP contribution in [0.3, 0.4) is 0 Å². The van der Waals surface area contributed by atoms with Gasteiger partial charge in [-0.2, -0.15) is 5.26 Å². The Kier molecular flexibility index (Phi) is 2.96. The summed E-state index contributed by atoms with van der Waals surface area (Å²) in [6.45, 7) is 5.10. The van der Waals surface area contributed by atoms with Crippen molar-refractivity contribution in [1.29, 1.82) is 5.26 Å². The minimum absolute atomic E-state index is 0.292. The maximum Gasteiger partial charge on any atom is 0.130 e. The van der Waals surface area contributed by atoms with Crippen molar-refractivity contribution < 1.29 is 4.39 Å². The minimum Gasteiger partial charge on any atom is -0.206 e. The highest BCUT2D eigenvalue weighted by Gasteiger charge is 2.24. The van der Waals surface area contributed by atoms with Crippen molar-refractivity contribution in [2.45, 2.75) is 26.2 Å². The van der Waals surface area contributed by atoms with Crippen LogP contribution in [0.15, 0.2) is 16.6 Å². The molecule has 0 unspecified atom stereocenters. The van der Waals surface area contributed by atoms with Crippen LogP contribution in [0, 0.1) is 24.1 Å². The van der Waals surface area contributed by atoms with Crippen LogP contribution in [0.2, 0.25) is 0 Å². The molecule has 0 bridgehead atoms. The molecule has 0 N–H and O–H groups in total. The summed E-state index contributed by atoms with van der Waals surface area (Å²) in [6.07, 6.45) is 0. The molecule has 1 aromatic carbocycles. The number of hydrogen-bond acceptors (Lipinski definition) is 1. The van der Waals surface area contributed by atoms with E-state index in [2.05, 4.69) is 22.0 Å². The van der Waals surface area contributed by atoms with E-state index in [1.54, 1.807) is 32.9 Å². The Morgan fingerprint density at radius 2 is 2.00 bits per heavy atom. The van der Waals surface area contributed by atoms with Gasteiger partial charge in [-0.15, -0.1) is 0 Å². The van der Waals surface area contributed by atoms with E-state index in [4.69, 9.17) is 5.26 Å². The first-order chi connectivity index (χ1) is 6.38. The smallest absolute Gasteiger partial charge is 0.130 e. The van der Waals surface area contributed by atoms with Crippen LogP contribution in [0.1, 0.15) is 25.0 Å².